The molecular formula is C50H78N10O25. The number of aliphatic hydroxyl groups is 11. The van der Waals surface area contributed by atoms with Crippen molar-refractivity contribution in [2.45, 2.75) is 168 Å². The van der Waals surface area contributed by atoms with E-state index in [1.54, 1.807) is 30.5 Å². The van der Waals surface area contributed by atoms with E-state index in [9.17, 15) is 84.9 Å². The van der Waals surface area contributed by atoms with Crippen LogP contribution in [0, 0.1) is 0 Å². The van der Waals surface area contributed by atoms with Gasteiger partial charge in [0.25, 0.3) is 5.91 Å². The van der Waals surface area contributed by atoms with E-state index >= 15 is 0 Å². The number of carbonyl (C=O) groups excluding carboxylic acids is 6. The Balaban J connectivity index is 1.34. The van der Waals surface area contributed by atoms with Crippen LogP contribution in [0.4, 0.5) is 0 Å². The summed E-state index contributed by atoms with van der Waals surface area (Å²) in [6.07, 6.45) is -28.6. The molecular weight excluding hydrogens is 1140 g/mol. The number of hydrogen-bond acceptors (Lipinski definition) is 27. The van der Waals surface area contributed by atoms with Gasteiger partial charge < -0.3 is 137 Å². The Kier molecular flexibility index (Phi) is 25.1. The SMILES string of the molecule is [2H]C([2H])([2H])OC(=O)[C@H](CCCN=C(N)N)NC(=O)[C@H](Cc1c[nH]c2ccccc12)NC(=O)CO/N=C/[C@H](NC(C)=O)[C@@H](O)[C@H](O[C@@H]1O[C@H](CO)[C@@H](O[C@@H]2O[C@H](CO)[C@@H](O[C@@H]3O[C@H](CO)[C@H](O)[C@H](O)[C@H]3O)[C@H](O)[C@H]2NC(C)=O)[C@H](O)[C@H]1NC(C)=O)[C@H](O)CO. The summed E-state index contributed by atoms with van der Waals surface area (Å²) in [5.74, 6) is -6.15. The number of H-pyrrole nitrogens is 1. The van der Waals surface area contributed by atoms with Gasteiger partial charge in [-0.25, -0.2) is 4.79 Å². The molecule has 478 valence electrons. The number of ether oxygens (including phenoxy) is 7. The van der Waals surface area contributed by atoms with Crippen LogP contribution in [0.2, 0.25) is 0 Å². The fourth-order valence-electron chi connectivity index (χ4n) is 9.54. The molecule has 21 N–H and O–H groups in total. The monoisotopic (exact) mass is 1220 g/mol. The normalized spacial score (nSPS) is 30.6. The summed E-state index contributed by atoms with van der Waals surface area (Å²) in [5.41, 5.74) is 11.9. The van der Waals surface area contributed by atoms with E-state index in [-0.39, 0.29) is 31.8 Å². The zero-order chi connectivity index (χ0) is 65.3. The topological polar surface area (TPSA) is 551 Å². The first-order valence-corrected chi connectivity index (χ1v) is 26.5. The van der Waals surface area contributed by atoms with E-state index in [0.29, 0.717) is 16.5 Å². The lowest BCUT2D eigenvalue weighted by molar-refractivity contribution is -0.364. The zero-order valence-electron chi connectivity index (χ0n) is 49.1. The molecule has 4 heterocycles. The number of methoxy groups -OCH3 is 1. The lowest BCUT2D eigenvalue weighted by atomic mass is 9.93. The summed E-state index contributed by atoms with van der Waals surface area (Å²) in [6, 6.07) is -1.45. The minimum Gasteiger partial charge on any atom is -0.467 e. The molecule has 0 spiro atoms. The number of esters is 1. The van der Waals surface area contributed by atoms with Gasteiger partial charge in [-0.3, -0.25) is 29.0 Å². The smallest absolute Gasteiger partial charge is 0.328 e. The number of aliphatic imine (C=N–C) groups is 1. The molecule has 21 atom stereocenters. The van der Waals surface area contributed by atoms with Crippen molar-refractivity contribution in [3.8, 4) is 0 Å². The second kappa shape index (κ2) is 33.0. The molecule has 0 unspecified atom stereocenters. The van der Waals surface area contributed by atoms with Crippen LogP contribution in [0.1, 0.15) is 43.3 Å². The molecule has 3 fully saturated rings. The second-order valence-electron chi connectivity index (χ2n) is 20.0. The van der Waals surface area contributed by atoms with Crippen LogP contribution in [0.3, 0.4) is 0 Å². The molecule has 0 aliphatic carbocycles. The van der Waals surface area contributed by atoms with Crippen molar-refractivity contribution in [1.29, 1.82) is 0 Å². The van der Waals surface area contributed by atoms with Gasteiger partial charge in [0, 0.05) is 50.8 Å². The highest BCUT2D eigenvalue weighted by atomic mass is 16.8. The Labute approximate surface area is 489 Å². The molecule has 5 rings (SSSR count). The van der Waals surface area contributed by atoms with Gasteiger partial charge >= 0.3 is 5.97 Å². The van der Waals surface area contributed by atoms with Crippen molar-refractivity contribution < 1.29 is 127 Å². The molecule has 1 aromatic carbocycles. The Hall–Kier alpha value is -6.36. The summed E-state index contributed by atoms with van der Waals surface area (Å²) in [4.78, 5) is 90.3. The summed E-state index contributed by atoms with van der Waals surface area (Å²) in [6.45, 7) is -2.09. The third-order valence-corrected chi connectivity index (χ3v) is 13.7. The number of aromatic nitrogens is 1. The van der Waals surface area contributed by atoms with Crippen molar-refractivity contribution in [2.24, 2.45) is 21.6 Å². The molecule has 0 radical (unpaired) electrons. The molecule has 5 amide bonds. The van der Waals surface area contributed by atoms with Crippen LogP contribution in [0.5, 0.6) is 0 Å². The summed E-state index contributed by atoms with van der Waals surface area (Å²) >= 11 is 0. The average molecular weight is 1220 g/mol. The number of oxime groups is 1. The van der Waals surface area contributed by atoms with Crippen LogP contribution >= 0.6 is 0 Å². The molecule has 3 aliphatic rings. The van der Waals surface area contributed by atoms with Crippen molar-refractivity contribution in [3.63, 3.8) is 0 Å². The van der Waals surface area contributed by atoms with Gasteiger partial charge in [-0.15, -0.1) is 0 Å². The van der Waals surface area contributed by atoms with E-state index in [2.05, 4.69) is 46.5 Å². The van der Waals surface area contributed by atoms with Crippen LogP contribution in [0.15, 0.2) is 40.6 Å². The summed E-state index contributed by atoms with van der Waals surface area (Å²) in [5, 5.41) is 135. The number of nitrogens with zero attached hydrogens (tertiary/aromatic N) is 2. The number of hydrogen-bond donors (Lipinski definition) is 19. The number of aromatic amines is 1. The highest BCUT2D eigenvalue weighted by Gasteiger charge is 2.55. The van der Waals surface area contributed by atoms with E-state index in [1.807, 2.05) is 0 Å². The maximum Gasteiger partial charge on any atom is 0.328 e. The van der Waals surface area contributed by atoms with Gasteiger partial charge in [-0.2, -0.15) is 0 Å². The number of guanidine groups is 1. The van der Waals surface area contributed by atoms with E-state index in [1.165, 1.54) is 0 Å². The molecule has 0 bridgehead atoms. The zero-order valence-corrected chi connectivity index (χ0v) is 46.1. The average Bonchev–Trinajstić information content (AvgIpc) is 3.30. The summed E-state index contributed by atoms with van der Waals surface area (Å²) in [7, 11) is -3.19. The number of nitrogens with one attached hydrogen (secondary N) is 6. The minimum atomic E-state index is -3.19. The number of benzene rings is 1. The first-order valence-electron chi connectivity index (χ1n) is 28.0. The lowest BCUT2D eigenvalue weighted by Crippen LogP contribution is -2.70. The summed E-state index contributed by atoms with van der Waals surface area (Å²) < 4.78 is 61.7. The van der Waals surface area contributed by atoms with Crippen molar-refractivity contribution >= 4 is 58.6 Å². The van der Waals surface area contributed by atoms with Gasteiger partial charge in [0.2, 0.25) is 23.6 Å². The van der Waals surface area contributed by atoms with Gasteiger partial charge in [0.05, 0.1) is 49.8 Å². The van der Waals surface area contributed by atoms with Gasteiger partial charge in [0.1, 0.15) is 104 Å². The fourth-order valence-corrected chi connectivity index (χ4v) is 9.54. The molecule has 85 heavy (non-hydrogen) atoms. The van der Waals surface area contributed by atoms with E-state index in [4.69, 9.17) is 48.8 Å². The second-order valence-corrected chi connectivity index (χ2v) is 20.0. The Morgan fingerprint density at radius 1 is 0.753 bits per heavy atom. The van der Waals surface area contributed by atoms with Gasteiger partial charge in [-0.05, 0) is 24.5 Å². The molecule has 3 aliphatic heterocycles. The third kappa shape index (κ3) is 18.8. The molecule has 35 nitrogen and oxygen atoms in total. The fraction of sp³-hybridized carbons (Fsp3) is 0.680. The molecule has 3 saturated heterocycles. The molecule has 35 heteroatoms. The van der Waals surface area contributed by atoms with E-state index in [0.717, 1.165) is 27.0 Å². The number of nitrogens with two attached hydrogens (primary N) is 2. The first kappa shape index (κ1) is 64.6. The van der Waals surface area contributed by atoms with Crippen molar-refractivity contribution in [1.82, 2.24) is 31.6 Å². The molecule has 1 aromatic heterocycles. The van der Waals surface area contributed by atoms with Crippen LogP contribution in [-0.4, -0.2) is 284 Å². The van der Waals surface area contributed by atoms with Crippen molar-refractivity contribution in [3.05, 3.63) is 36.0 Å². The number of rotatable bonds is 30. The standard InChI is InChI=1S/C50H78N10O25/c1-20(65)56-28(14-55-79-19-33(69)59-27(12-23-13-54-25-9-6-5-8-24(23)25)45(76)60-26(46(77)78-4)10-7-11-53-50(51)52)36(70)42(29(68)15-61)83-47-34(57-21(2)66)38(72)43(31(17-63)81-47)84-48-35(58-22(3)67)39(73)44(32(18-64)82-48)85-49-41(75)40(74)37(71)30(16-62)80-49/h5-6,8-9,13-14,26-32,34-44,47-49,54,61-64,68,70-75H,7,10-12,15-19H2,1-4H3,(H,56,65)(H,57,66)(H,58,67)(H,59,69)(H,60,76)(H4,51,52,53)/b55-14+/t26-,27-,28-,29+,30+,31+,32+,34+,35+,36+,37-,38+,39+,40-,41+,42+,43+,44+,47-,48-,49-/m0/s1/i4D3. The predicted octanol–water partition coefficient (Wildman–Crippen LogP) is -9.75. The Morgan fingerprint density at radius 2 is 1.35 bits per heavy atom. The molecule has 0 saturated carbocycles. The third-order valence-electron chi connectivity index (χ3n) is 13.7. The van der Waals surface area contributed by atoms with E-state index < -0.39 is 204 Å². The van der Waals surface area contributed by atoms with Crippen LogP contribution in [-0.2, 0) is 73.2 Å². The number of amides is 5. The highest BCUT2D eigenvalue weighted by molar-refractivity contribution is 5.92. The Bertz CT molecular complexity index is 2680. The highest BCUT2D eigenvalue weighted by Crippen LogP contribution is 2.34. The van der Waals surface area contributed by atoms with Gasteiger partial charge in [0.15, 0.2) is 31.4 Å². The number of aliphatic hydroxyl groups excluding tert-OH is 11. The van der Waals surface area contributed by atoms with Crippen LogP contribution in [0.25, 0.3) is 10.9 Å². The molecule has 2 aromatic rings. The quantitative estimate of drug-likeness (QED) is 0.0114. The number of carbonyl (C=O) groups is 6. The largest absolute Gasteiger partial charge is 0.467 e. The Morgan fingerprint density at radius 3 is 1.94 bits per heavy atom. The van der Waals surface area contributed by atoms with Gasteiger partial charge in [-0.1, -0.05) is 23.4 Å². The predicted molar refractivity (Wildman–Crippen MR) is 286 cm³/mol. The maximum atomic E-state index is 14.0. The number of para-hydroxylation sites is 1. The lowest BCUT2D eigenvalue weighted by Gasteiger charge is -2.50. The van der Waals surface area contributed by atoms with Crippen molar-refractivity contribution in [2.75, 3.05) is 46.6 Å². The first-order chi connectivity index (χ1) is 41.5. The maximum absolute atomic E-state index is 14.0. The number of fused-ring (bicyclic) bond motifs is 1. The minimum absolute atomic E-state index is 0.0218. The van der Waals surface area contributed by atoms with Crippen LogP contribution < -0.4 is 38.1 Å².